The van der Waals surface area contributed by atoms with Crippen molar-refractivity contribution in [3.63, 3.8) is 0 Å². The minimum absolute atomic E-state index is 0.0909. The zero-order valence-electron chi connectivity index (χ0n) is 53.5. The molecule has 0 rings (SSSR count). The maximum Gasteiger partial charge on any atom is 0.306 e. The second kappa shape index (κ2) is 69.0. The van der Waals surface area contributed by atoms with Crippen molar-refractivity contribution in [1.29, 1.82) is 0 Å². The summed E-state index contributed by atoms with van der Waals surface area (Å²) in [7, 11) is 0. The molecule has 0 aromatic heterocycles. The highest BCUT2D eigenvalue weighted by atomic mass is 16.6. The molecule has 0 bridgehead atoms. The van der Waals surface area contributed by atoms with Gasteiger partial charge in [0.25, 0.3) is 0 Å². The van der Waals surface area contributed by atoms with Crippen molar-refractivity contribution >= 4 is 17.9 Å². The highest BCUT2D eigenvalue weighted by Gasteiger charge is 2.19. The molecule has 0 amide bonds. The van der Waals surface area contributed by atoms with Crippen LogP contribution in [0.3, 0.4) is 0 Å². The molecule has 0 spiro atoms. The quantitative estimate of drug-likeness (QED) is 0.0261. The van der Waals surface area contributed by atoms with Crippen molar-refractivity contribution in [3.8, 4) is 0 Å². The van der Waals surface area contributed by atoms with Crippen molar-refractivity contribution in [3.05, 3.63) is 134 Å². The van der Waals surface area contributed by atoms with Gasteiger partial charge >= 0.3 is 17.9 Å². The molecular formula is C76H126O6. The summed E-state index contributed by atoms with van der Waals surface area (Å²) >= 11 is 0. The van der Waals surface area contributed by atoms with E-state index in [1.807, 2.05) is 0 Å². The minimum Gasteiger partial charge on any atom is -0.462 e. The van der Waals surface area contributed by atoms with Crippen molar-refractivity contribution in [2.45, 2.75) is 316 Å². The molecule has 1 atom stereocenters. The van der Waals surface area contributed by atoms with Crippen molar-refractivity contribution in [2.24, 2.45) is 0 Å². The molecule has 0 heterocycles. The van der Waals surface area contributed by atoms with Crippen LogP contribution in [-0.4, -0.2) is 37.2 Å². The predicted octanol–water partition coefficient (Wildman–Crippen LogP) is 23.7. The Bertz CT molecular complexity index is 1730. The van der Waals surface area contributed by atoms with Gasteiger partial charge in [-0.05, 0) is 122 Å². The number of allylic oxidation sites excluding steroid dienone is 22. The lowest BCUT2D eigenvalue weighted by molar-refractivity contribution is -0.167. The summed E-state index contributed by atoms with van der Waals surface area (Å²) in [6, 6.07) is 0. The van der Waals surface area contributed by atoms with Crippen molar-refractivity contribution in [2.75, 3.05) is 13.2 Å². The molecule has 0 aromatic carbocycles. The lowest BCUT2D eigenvalue weighted by Gasteiger charge is -2.18. The van der Waals surface area contributed by atoms with Crippen molar-refractivity contribution in [1.82, 2.24) is 0 Å². The first-order valence-electron chi connectivity index (χ1n) is 34.2. The van der Waals surface area contributed by atoms with Gasteiger partial charge in [-0.15, -0.1) is 0 Å². The van der Waals surface area contributed by atoms with Gasteiger partial charge in [-0.25, -0.2) is 0 Å². The zero-order valence-corrected chi connectivity index (χ0v) is 53.5. The third-order valence-electron chi connectivity index (χ3n) is 14.4. The van der Waals surface area contributed by atoms with E-state index < -0.39 is 6.10 Å². The molecule has 0 N–H and O–H groups in total. The maximum absolute atomic E-state index is 12.9. The van der Waals surface area contributed by atoms with Crippen LogP contribution in [0.2, 0.25) is 0 Å². The van der Waals surface area contributed by atoms with E-state index in [1.165, 1.54) is 141 Å². The monoisotopic (exact) mass is 1130 g/mol. The Morgan fingerprint density at radius 3 is 0.756 bits per heavy atom. The lowest BCUT2D eigenvalue weighted by Crippen LogP contribution is -2.30. The van der Waals surface area contributed by atoms with Crippen LogP contribution in [0.4, 0.5) is 0 Å². The molecule has 0 aliphatic heterocycles. The van der Waals surface area contributed by atoms with Gasteiger partial charge in [-0.1, -0.05) is 302 Å². The highest BCUT2D eigenvalue weighted by Crippen LogP contribution is 2.16. The van der Waals surface area contributed by atoms with Gasteiger partial charge in [0.2, 0.25) is 0 Å². The van der Waals surface area contributed by atoms with Gasteiger partial charge in [0.05, 0.1) is 0 Å². The van der Waals surface area contributed by atoms with Gasteiger partial charge in [0.15, 0.2) is 6.10 Å². The Hall–Kier alpha value is -4.45. The first-order valence-corrected chi connectivity index (χ1v) is 34.2. The molecule has 0 saturated heterocycles. The maximum atomic E-state index is 12.9. The van der Waals surface area contributed by atoms with Crippen LogP contribution in [0.15, 0.2) is 134 Å². The summed E-state index contributed by atoms with van der Waals surface area (Å²) in [5.41, 5.74) is 0. The summed E-state index contributed by atoms with van der Waals surface area (Å²) < 4.78 is 16.9. The van der Waals surface area contributed by atoms with E-state index in [-0.39, 0.29) is 31.1 Å². The van der Waals surface area contributed by atoms with Crippen LogP contribution < -0.4 is 0 Å². The van der Waals surface area contributed by atoms with E-state index in [4.69, 9.17) is 14.2 Å². The number of unbranched alkanes of at least 4 members (excludes halogenated alkanes) is 28. The van der Waals surface area contributed by atoms with Crippen LogP contribution in [-0.2, 0) is 28.6 Å². The third kappa shape index (κ3) is 66.4. The number of ether oxygens (including phenoxy) is 3. The van der Waals surface area contributed by atoms with Crippen LogP contribution in [0, 0.1) is 0 Å². The van der Waals surface area contributed by atoms with E-state index in [0.29, 0.717) is 19.3 Å². The van der Waals surface area contributed by atoms with Gasteiger partial charge in [-0.3, -0.25) is 14.4 Å². The summed E-state index contributed by atoms with van der Waals surface area (Å²) in [5, 5.41) is 0. The molecular weight excluding hydrogens is 1010 g/mol. The van der Waals surface area contributed by atoms with E-state index in [0.717, 1.165) is 128 Å². The molecule has 1 unspecified atom stereocenters. The number of esters is 3. The van der Waals surface area contributed by atoms with E-state index >= 15 is 0 Å². The second-order valence-corrected chi connectivity index (χ2v) is 22.4. The largest absolute Gasteiger partial charge is 0.462 e. The average molecular weight is 1140 g/mol. The molecule has 6 nitrogen and oxygen atoms in total. The molecule has 82 heavy (non-hydrogen) atoms. The fourth-order valence-corrected chi connectivity index (χ4v) is 9.29. The van der Waals surface area contributed by atoms with E-state index in [1.54, 1.807) is 0 Å². The number of carbonyl (C=O) groups excluding carboxylic acids is 3. The number of rotatable bonds is 61. The Morgan fingerprint density at radius 2 is 0.476 bits per heavy atom. The summed E-state index contributed by atoms with van der Waals surface area (Å²) in [4.78, 5) is 38.3. The smallest absolute Gasteiger partial charge is 0.306 e. The van der Waals surface area contributed by atoms with Gasteiger partial charge in [-0.2, -0.15) is 0 Å². The first-order chi connectivity index (χ1) is 40.5. The average Bonchev–Trinajstić information content (AvgIpc) is 3.47. The summed E-state index contributed by atoms with van der Waals surface area (Å²) in [6.07, 6.45) is 97.5. The summed E-state index contributed by atoms with van der Waals surface area (Å²) in [5.74, 6) is -0.923. The van der Waals surface area contributed by atoms with E-state index in [9.17, 15) is 14.4 Å². The van der Waals surface area contributed by atoms with Crippen LogP contribution >= 0.6 is 0 Å². The zero-order chi connectivity index (χ0) is 59.2. The fraction of sp³-hybridized carbons (Fsp3) is 0.671. The van der Waals surface area contributed by atoms with Crippen molar-refractivity contribution < 1.29 is 28.6 Å². The van der Waals surface area contributed by atoms with Crippen LogP contribution in [0.1, 0.15) is 310 Å². The third-order valence-corrected chi connectivity index (χ3v) is 14.4. The Kier molecular flexibility index (Phi) is 65.3. The van der Waals surface area contributed by atoms with Crippen LogP contribution in [0.5, 0.6) is 0 Å². The molecule has 0 aliphatic carbocycles. The Morgan fingerprint density at radius 1 is 0.256 bits per heavy atom. The molecule has 0 aliphatic rings. The molecule has 0 fully saturated rings. The molecule has 0 radical (unpaired) electrons. The molecule has 0 saturated carbocycles. The minimum atomic E-state index is -0.798. The van der Waals surface area contributed by atoms with Gasteiger partial charge in [0, 0.05) is 19.3 Å². The van der Waals surface area contributed by atoms with Gasteiger partial charge in [0.1, 0.15) is 13.2 Å². The number of hydrogen-bond acceptors (Lipinski definition) is 6. The van der Waals surface area contributed by atoms with Crippen LogP contribution in [0.25, 0.3) is 0 Å². The lowest BCUT2D eigenvalue weighted by atomic mass is 10.0. The second-order valence-electron chi connectivity index (χ2n) is 22.4. The normalized spacial score (nSPS) is 13.0. The topological polar surface area (TPSA) is 78.9 Å². The number of carbonyl (C=O) groups is 3. The van der Waals surface area contributed by atoms with E-state index in [2.05, 4.69) is 154 Å². The predicted molar refractivity (Wildman–Crippen MR) is 357 cm³/mol. The first kappa shape index (κ1) is 77.5. The summed E-state index contributed by atoms with van der Waals surface area (Å²) in [6.45, 7) is 6.50. The molecule has 466 valence electrons. The fourth-order valence-electron chi connectivity index (χ4n) is 9.29. The molecule has 0 aromatic rings. The SMILES string of the molecule is CC/C=C\C/C=C\C/C=C\C/C=C\C/C=C\C/C=C\C/C=C\C/C=C\C/C=C\CCCCCC(=O)OCC(COC(=O)CCCCCCCCCCCCCC)OC(=O)CCCCCCCCCCC/C=C\C/C=C\CCCCCCC. The standard InChI is InChI=1S/C76H126O6/c1-4-7-10-13-16-19-22-25-27-29-31-33-34-35-36-37-38-39-40-41-42-44-45-47-49-51-54-57-60-63-66-69-75(78)81-72-73(71-80-74(77)68-65-62-59-56-53-24-21-18-15-12-9-6-3)82-76(79)70-67-64-61-58-55-52-50-48-46-43-32-30-28-26-23-20-17-14-11-8-5-2/h7,10,16,19,23,25-27,30-33,35-36,38-39,41-42,45,47,51,54,73H,4-6,8-9,11-15,17-18,20-22,24,28-29,34,37,40,43-44,46,48-50,52-53,55-72H2,1-3H3/b10-7-,19-16-,26-23-,27-25-,32-30-,33-31-,36-35-,39-38-,42-41-,47-45-,54-51-. The molecule has 6 heteroatoms. The van der Waals surface area contributed by atoms with Gasteiger partial charge < -0.3 is 14.2 Å². The Balaban J connectivity index is 4.38. The number of hydrogen-bond donors (Lipinski definition) is 0. The highest BCUT2D eigenvalue weighted by molar-refractivity contribution is 5.71. The Labute approximate surface area is 506 Å².